The van der Waals surface area contributed by atoms with E-state index in [1.54, 1.807) is 0 Å². The van der Waals surface area contributed by atoms with Gasteiger partial charge in [0.25, 0.3) is 0 Å². The van der Waals surface area contributed by atoms with E-state index in [0.29, 0.717) is 30.5 Å². The number of amides is 1. The molecule has 104 valence electrons. The number of nitrogens with zero attached hydrogens (tertiary/aromatic N) is 1. The SMILES string of the molecule is CCOC(=O)N1CC(NC2CC2)CC(C(C)C)C1. The van der Waals surface area contributed by atoms with Gasteiger partial charge >= 0.3 is 6.09 Å². The van der Waals surface area contributed by atoms with E-state index in [-0.39, 0.29) is 6.09 Å². The van der Waals surface area contributed by atoms with Crippen molar-refractivity contribution in [2.24, 2.45) is 11.8 Å². The van der Waals surface area contributed by atoms with Gasteiger partial charge in [-0.2, -0.15) is 0 Å². The van der Waals surface area contributed by atoms with Crippen molar-refractivity contribution in [1.82, 2.24) is 10.2 Å². The monoisotopic (exact) mass is 254 g/mol. The Kier molecular flexibility index (Phi) is 4.49. The molecule has 4 heteroatoms. The number of ether oxygens (including phenoxy) is 1. The van der Waals surface area contributed by atoms with Crippen molar-refractivity contribution < 1.29 is 9.53 Å². The highest BCUT2D eigenvalue weighted by Gasteiger charge is 2.34. The lowest BCUT2D eigenvalue weighted by atomic mass is 9.85. The van der Waals surface area contributed by atoms with E-state index in [4.69, 9.17) is 4.74 Å². The van der Waals surface area contributed by atoms with Crippen LogP contribution in [-0.4, -0.2) is 42.8 Å². The molecule has 1 amide bonds. The quantitative estimate of drug-likeness (QED) is 0.836. The first-order valence-corrected chi connectivity index (χ1v) is 7.27. The van der Waals surface area contributed by atoms with E-state index >= 15 is 0 Å². The molecule has 2 aliphatic rings. The summed E-state index contributed by atoms with van der Waals surface area (Å²) in [5, 5.41) is 3.66. The summed E-state index contributed by atoms with van der Waals surface area (Å²) < 4.78 is 5.14. The van der Waals surface area contributed by atoms with Gasteiger partial charge in [0, 0.05) is 25.2 Å². The van der Waals surface area contributed by atoms with Crippen LogP contribution in [0.4, 0.5) is 4.79 Å². The Hall–Kier alpha value is -0.770. The summed E-state index contributed by atoms with van der Waals surface area (Å²) in [4.78, 5) is 13.8. The topological polar surface area (TPSA) is 41.6 Å². The molecule has 0 spiro atoms. The Morgan fingerprint density at radius 1 is 1.33 bits per heavy atom. The number of carbonyl (C=O) groups excluding carboxylic acids is 1. The first-order chi connectivity index (χ1) is 8.60. The molecule has 0 aromatic heterocycles. The predicted molar refractivity (Wildman–Crippen MR) is 71.5 cm³/mol. The standard InChI is InChI=1S/C14H26N2O2/c1-4-18-14(17)16-8-11(10(2)3)7-13(9-16)15-12-5-6-12/h10-13,15H,4-9H2,1-3H3. The van der Waals surface area contributed by atoms with Crippen molar-refractivity contribution in [1.29, 1.82) is 0 Å². The van der Waals surface area contributed by atoms with Crippen LogP contribution >= 0.6 is 0 Å². The molecule has 1 saturated heterocycles. The van der Waals surface area contributed by atoms with Crippen molar-refractivity contribution in [3.63, 3.8) is 0 Å². The summed E-state index contributed by atoms with van der Waals surface area (Å²) in [6, 6.07) is 1.15. The van der Waals surface area contributed by atoms with Gasteiger partial charge in [-0.05, 0) is 38.0 Å². The highest BCUT2D eigenvalue weighted by molar-refractivity contribution is 5.67. The zero-order valence-corrected chi connectivity index (χ0v) is 11.8. The molecule has 0 aromatic carbocycles. The van der Waals surface area contributed by atoms with Crippen LogP contribution < -0.4 is 5.32 Å². The summed E-state index contributed by atoms with van der Waals surface area (Å²) in [7, 11) is 0. The summed E-state index contributed by atoms with van der Waals surface area (Å²) in [6.07, 6.45) is 3.62. The van der Waals surface area contributed by atoms with Gasteiger partial charge in [-0.3, -0.25) is 0 Å². The normalized spacial score (nSPS) is 28.6. The van der Waals surface area contributed by atoms with E-state index in [9.17, 15) is 4.79 Å². The number of hydrogen-bond acceptors (Lipinski definition) is 3. The number of likely N-dealkylation sites (tertiary alicyclic amines) is 1. The average Bonchev–Trinajstić information content (AvgIpc) is 3.12. The van der Waals surface area contributed by atoms with Crippen LogP contribution in [0.5, 0.6) is 0 Å². The first kappa shape index (κ1) is 13.7. The molecule has 4 nitrogen and oxygen atoms in total. The molecule has 1 N–H and O–H groups in total. The molecule has 0 radical (unpaired) electrons. The third-order valence-corrected chi connectivity index (χ3v) is 4.00. The maximum absolute atomic E-state index is 11.9. The Morgan fingerprint density at radius 2 is 2.06 bits per heavy atom. The summed E-state index contributed by atoms with van der Waals surface area (Å²) in [6.45, 7) is 8.46. The van der Waals surface area contributed by atoms with E-state index in [2.05, 4.69) is 19.2 Å². The third kappa shape index (κ3) is 3.61. The zero-order chi connectivity index (χ0) is 13.1. The van der Waals surface area contributed by atoms with Crippen LogP contribution in [-0.2, 0) is 4.74 Å². The van der Waals surface area contributed by atoms with E-state index in [0.717, 1.165) is 13.1 Å². The summed E-state index contributed by atoms with van der Waals surface area (Å²) in [5.41, 5.74) is 0. The molecule has 2 unspecified atom stereocenters. The van der Waals surface area contributed by atoms with Crippen LogP contribution in [0.2, 0.25) is 0 Å². The van der Waals surface area contributed by atoms with E-state index in [1.807, 2.05) is 11.8 Å². The van der Waals surface area contributed by atoms with Gasteiger partial charge in [-0.15, -0.1) is 0 Å². The van der Waals surface area contributed by atoms with Gasteiger partial charge in [-0.1, -0.05) is 13.8 Å². The summed E-state index contributed by atoms with van der Waals surface area (Å²) in [5.74, 6) is 1.20. The third-order valence-electron chi connectivity index (χ3n) is 4.00. The fourth-order valence-corrected chi connectivity index (χ4v) is 2.69. The molecule has 1 aliphatic carbocycles. The second-order valence-electron chi connectivity index (χ2n) is 5.98. The lowest BCUT2D eigenvalue weighted by Gasteiger charge is -2.39. The van der Waals surface area contributed by atoms with Gasteiger partial charge in [0.2, 0.25) is 0 Å². The minimum atomic E-state index is -0.148. The van der Waals surface area contributed by atoms with Crippen LogP contribution in [0.1, 0.15) is 40.0 Å². The zero-order valence-electron chi connectivity index (χ0n) is 11.8. The van der Waals surface area contributed by atoms with Crippen molar-refractivity contribution >= 4 is 6.09 Å². The number of rotatable bonds is 4. The Labute approximate surface area is 110 Å². The highest BCUT2D eigenvalue weighted by atomic mass is 16.6. The van der Waals surface area contributed by atoms with Crippen molar-refractivity contribution in [2.45, 2.75) is 52.1 Å². The number of hydrogen-bond donors (Lipinski definition) is 1. The molecule has 18 heavy (non-hydrogen) atoms. The second kappa shape index (κ2) is 5.91. The molecule has 2 atom stereocenters. The summed E-state index contributed by atoms with van der Waals surface area (Å²) >= 11 is 0. The lowest BCUT2D eigenvalue weighted by molar-refractivity contribution is 0.0701. The van der Waals surface area contributed by atoms with Crippen molar-refractivity contribution in [3.05, 3.63) is 0 Å². The fraction of sp³-hybridized carbons (Fsp3) is 0.929. The molecule has 1 saturated carbocycles. The van der Waals surface area contributed by atoms with Gasteiger partial charge in [0.1, 0.15) is 0 Å². The van der Waals surface area contributed by atoms with Gasteiger partial charge in [0.15, 0.2) is 0 Å². The molecular formula is C14H26N2O2. The van der Waals surface area contributed by atoms with Crippen LogP contribution in [0.15, 0.2) is 0 Å². The van der Waals surface area contributed by atoms with E-state index in [1.165, 1.54) is 19.3 Å². The van der Waals surface area contributed by atoms with Gasteiger partial charge < -0.3 is 15.0 Å². The Bertz CT molecular complexity index is 290. The molecule has 0 bridgehead atoms. The predicted octanol–water partition coefficient (Wildman–Crippen LogP) is 2.24. The highest BCUT2D eigenvalue weighted by Crippen LogP contribution is 2.27. The molecule has 2 rings (SSSR count). The van der Waals surface area contributed by atoms with Crippen LogP contribution in [0.25, 0.3) is 0 Å². The van der Waals surface area contributed by atoms with Crippen LogP contribution in [0.3, 0.4) is 0 Å². The number of piperidine rings is 1. The van der Waals surface area contributed by atoms with Crippen molar-refractivity contribution in [3.8, 4) is 0 Å². The van der Waals surface area contributed by atoms with Crippen molar-refractivity contribution in [2.75, 3.05) is 19.7 Å². The van der Waals surface area contributed by atoms with Gasteiger partial charge in [0.05, 0.1) is 6.61 Å². The molecular weight excluding hydrogens is 228 g/mol. The lowest BCUT2D eigenvalue weighted by Crippen LogP contribution is -2.52. The van der Waals surface area contributed by atoms with E-state index < -0.39 is 0 Å². The maximum atomic E-state index is 11.9. The molecule has 2 fully saturated rings. The Morgan fingerprint density at radius 3 is 2.61 bits per heavy atom. The molecule has 1 heterocycles. The minimum Gasteiger partial charge on any atom is -0.450 e. The molecule has 0 aromatic rings. The fourth-order valence-electron chi connectivity index (χ4n) is 2.69. The largest absolute Gasteiger partial charge is 0.450 e. The maximum Gasteiger partial charge on any atom is 0.409 e. The van der Waals surface area contributed by atoms with Crippen LogP contribution in [0, 0.1) is 11.8 Å². The number of nitrogens with one attached hydrogen (secondary N) is 1. The average molecular weight is 254 g/mol. The second-order valence-corrected chi connectivity index (χ2v) is 5.98. The van der Waals surface area contributed by atoms with Gasteiger partial charge in [-0.25, -0.2) is 4.79 Å². The number of carbonyl (C=O) groups is 1. The smallest absolute Gasteiger partial charge is 0.409 e. The first-order valence-electron chi connectivity index (χ1n) is 7.27. The minimum absolute atomic E-state index is 0.148. The Balaban J connectivity index is 1.93. The molecule has 1 aliphatic heterocycles.